The number of hydrogen-bond donors (Lipinski definition) is 2. The molecule has 0 radical (unpaired) electrons. The van der Waals surface area contributed by atoms with Crippen molar-refractivity contribution in [3.8, 4) is 0 Å². The molecule has 0 fully saturated rings. The lowest BCUT2D eigenvalue weighted by atomic mass is 10.3. The number of fused-ring (bicyclic) bond motifs is 2. The third kappa shape index (κ3) is 3.13. The molecule has 0 unspecified atom stereocenters. The lowest BCUT2D eigenvalue weighted by Crippen LogP contribution is -1.91. The van der Waals surface area contributed by atoms with Gasteiger partial charge in [0.1, 0.15) is 22.1 Å². The minimum absolute atomic E-state index is 0.363. The van der Waals surface area contributed by atoms with E-state index < -0.39 is 0 Å². The third-order valence-electron chi connectivity index (χ3n) is 2.92. The van der Waals surface area contributed by atoms with Crippen molar-refractivity contribution in [2.75, 3.05) is 0 Å². The van der Waals surface area contributed by atoms with E-state index in [4.69, 9.17) is 56.8 Å². The zero-order valence-electron chi connectivity index (χ0n) is 11.4. The molecule has 2 heterocycles. The van der Waals surface area contributed by atoms with Gasteiger partial charge < -0.3 is 10.4 Å². The number of hydrogen-bond acceptors (Lipinski definition) is 6. The van der Waals surface area contributed by atoms with Gasteiger partial charge in [0.25, 0.3) is 0 Å². The molecule has 0 spiro atoms. The molecule has 0 bridgehead atoms. The minimum atomic E-state index is 0.363. The van der Waals surface area contributed by atoms with E-state index in [1.165, 1.54) is 12.1 Å². The Morgan fingerprint density at radius 3 is 2.08 bits per heavy atom. The van der Waals surface area contributed by atoms with Crippen LogP contribution < -0.4 is 0 Å². The largest absolute Gasteiger partial charge is 0.410 e. The fourth-order valence-corrected chi connectivity index (χ4v) is 2.68. The Hall–Kier alpha value is -2.00. The molecule has 8 nitrogen and oxygen atoms in total. The SMILES string of the molecule is On1nnc2c(Cl)cc(Cl)cc21.On1nnc2cc(Cl)c(Cl)cc21. The van der Waals surface area contributed by atoms with Crippen LogP contribution >= 0.6 is 46.4 Å². The van der Waals surface area contributed by atoms with Gasteiger partial charge in [-0.2, -0.15) is 0 Å². The Kier molecular flexibility index (Phi) is 4.55. The lowest BCUT2D eigenvalue weighted by Gasteiger charge is -1.94. The van der Waals surface area contributed by atoms with Gasteiger partial charge in [-0.1, -0.05) is 56.1 Å². The maximum Gasteiger partial charge on any atom is 0.135 e. The first-order valence-corrected chi connectivity index (χ1v) is 7.67. The van der Waals surface area contributed by atoms with Gasteiger partial charge in [0.2, 0.25) is 0 Å². The van der Waals surface area contributed by atoms with E-state index in [1.807, 2.05) is 0 Å². The summed E-state index contributed by atoms with van der Waals surface area (Å²) in [4.78, 5) is 1.28. The predicted octanol–water partition coefficient (Wildman–Crippen LogP) is 3.95. The standard InChI is InChI=1S/2C6H3Cl2N3O/c7-3-1-5-6(2-4(3)8)11(12)10-9-5;7-3-1-4(8)6-5(2-3)11(12)10-9-6/h2*1-2,12H. The fraction of sp³-hybridized carbons (Fsp3) is 0. The van der Waals surface area contributed by atoms with Gasteiger partial charge in [0.15, 0.2) is 0 Å². The summed E-state index contributed by atoms with van der Waals surface area (Å²) < 4.78 is 0. The molecule has 0 aliphatic carbocycles. The third-order valence-corrected chi connectivity index (χ3v) is 4.15. The van der Waals surface area contributed by atoms with Crippen LogP contribution in [-0.4, -0.2) is 40.7 Å². The zero-order chi connectivity index (χ0) is 17.4. The molecular weight excluding hydrogens is 402 g/mol. The number of aromatic nitrogens is 6. The summed E-state index contributed by atoms with van der Waals surface area (Å²) in [5, 5.41) is 33.7. The molecule has 4 rings (SSSR count). The molecule has 12 heteroatoms. The summed E-state index contributed by atoms with van der Waals surface area (Å²) in [6, 6.07) is 6.11. The summed E-state index contributed by atoms with van der Waals surface area (Å²) in [6.07, 6.45) is 0. The first-order valence-electron chi connectivity index (χ1n) is 6.16. The van der Waals surface area contributed by atoms with Crippen LogP contribution in [0.25, 0.3) is 22.1 Å². The second-order valence-electron chi connectivity index (χ2n) is 4.47. The minimum Gasteiger partial charge on any atom is -0.410 e. The van der Waals surface area contributed by atoms with Crippen LogP contribution in [0.15, 0.2) is 24.3 Å². The van der Waals surface area contributed by atoms with Gasteiger partial charge in [0, 0.05) is 5.02 Å². The molecule has 4 aromatic rings. The highest BCUT2D eigenvalue weighted by Gasteiger charge is 2.08. The van der Waals surface area contributed by atoms with Crippen LogP contribution in [0.4, 0.5) is 0 Å². The average molecular weight is 408 g/mol. The van der Waals surface area contributed by atoms with E-state index in [2.05, 4.69) is 20.6 Å². The van der Waals surface area contributed by atoms with Crippen molar-refractivity contribution < 1.29 is 10.4 Å². The van der Waals surface area contributed by atoms with Crippen molar-refractivity contribution >= 4 is 68.5 Å². The van der Waals surface area contributed by atoms with E-state index in [0.29, 0.717) is 51.8 Å². The van der Waals surface area contributed by atoms with Gasteiger partial charge in [-0.3, -0.25) is 0 Å². The van der Waals surface area contributed by atoms with Crippen molar-refractivity contribution in [3.63, 3.8) is 0 Å². The van der Waals surface area contributed by atoms with Gasteiger partial charge in [-0.25, -0.2) is 0 Å². The zero-order valence-corrected chi connectivity index (χ0v) is 14.4. The highest BCUT2D eigenvalue weighted by atomic mass is 35.5. The maximum absolute atomic E-state index is 9.09. The molecule has 0 amide bonds. The molecule has 0 aliphatic rings. The number of nitrogens with zero attached hydrogens (tertiary/aromatic N) is 6. The van der Waals surface area contributed by atoms with Crippen molar-refractivity contribution in [2.45, 2.75) is 0 Å². The maximum atomic E-state index is 9.09. The molecule has 0 saturated heterocycles. The van der Waals surface area contributed by atoms with Gasteiger partial charge in [-0.15, -0.1) is 10.2 Å². The predicted molar refractivity (Wildman–Crippen MR) is 89.5 cm³/mol. The van der Waals surface area contributed by atoms with Crippen LogP contribution in [0.3, 0.4) is 0 Å². The van der Waals surface area contributed by atoms with Crippen molar-refractivity contribution in [2.24, 2.45) is 0 Å². The van der Waals surface area contributed by atoms with E-state index >= 15 is 0 Å². The molecule has 124 valence electrons. The number of benzene rings is 2. The molecule has 0 atom stereocenters. The normalized spacial score (nSPS) is 10.8. The fourth-order valence-electron chi connectivity index (χ4n) is 1.84. The second-order valence-corrected chi connectivity index (χ2v) is 6.13. The molecule has 2 N–H and O–H groups in total. The Morgan fingerprint density at radius 2 is 1.33 bits per heavy atom. The smallest absolute Gasteiger partial charge is 0.135 e. The van der Waals surface area contributed by atoms with Gasteiger partial charge in [0.05, 0.1) is 15.1 Å². The van der Waals surface area contributed by atoms with Crippen LogP contribution in [0.5, 0.6) is 0 Å². The molecule has 0 saturated carbocycles. The van der Waals surface area contributed by atoms with Crippen LogP contribution in [0.2, 0.25) is 20.1 Å². The first kappa shape index (κ1) is 16.8. The Labute approximate surface area is 153 Å². The number of halogens is 4. The molecule has 24 heavy (non-hydrogen) atoms. The van der Waals surface area contributed by atoms with Crippen molar-refractivity contribution in [1.82, 2.24) is 30.3 Å². The Balaban J connectivity index is 0.000000141. The Bertz CT molecular complexity index is 1050. The molecule has 2 aromatic carbocycles. The summed E-state index contributed by atoms with van der Waals surface area (Å²) in [7, 11) is 0. The topological polar surface area (TPSA) is 102 Å². The van der Waals surface area contributed by atoms with Crippen LogP contribution in [-0.2, 0) is 0 Å². The molecular formula is C12H6Cl4N6O2. The monoisotopic (exact) mass is 406 g/mol. The molecule has 0 aliphatic heterocycles. The van der Waals surface area contributed by atoms with Crippen molar-refractivity contribution in [1.29, 1.82) is 0 Å². The lowest BCUT2D eigenvalue weighted by molar-refractivity contribution is 0.154. The van der Waals surface area contributed by atoms with E-state index in [9.17, 15) is 0 Å². The highest BCUT2D eigenvalue weighted by molar-refractivity contribution is 6.42. The summed E-state index contributed by atoms with van der Waals surface area (Å²) in [5.41, 5.74) is 1.77. The van der Waals surface area contributed by atoms with Gasteiger partial charge in [-0.05, 0) is 34.7 Å². The highest BCUT2D eigenvalue weighted by Crippen LogP contribution is 2.26. The van der Waals surface area contributed by atoms with E-state index in [0.717, 1.165) is 0 Å². The average Bonchev–Trinajstić information content (AvgIpc) is 3.06. The van der Waals surface area contributed by atoms with E-state index in [1.54, 1.807) is 12.1 Å². The summed E-state index contributed by atoms with van der Waals surface area (Å²) in [6.45, 7) is 0. The van der Waals surface area contributed by atoms with Crippen molar-refractivity contribution in [3.05, 3.63) is 44.4 Å². The summed E-state index contributed by atoms with van der Waals surface area (Å²) in [5.74, 6) is 0. The van der Waals surface area contributed by atoms with Crippen LogP contribution in [0, 0.1) is 0 Å². The summed E-state index contributed by atoms with van der Waals surface area (Å²) >= 11 is 22.9. The number of rotatable bonds is 0. The molecule has 2 aromatic heterocycles. The quantitative estimate of drug-likeness (QED) is 0.428. The van der Waals surface area contributed by atoms with Gasteiger partial charge >= 0.3 is 0 Å². The first-order chi connectivity index (χ1) is 11.4. The second kappa shape index (κ2) is 6.48. The van der Waals surface area contributed by atoms with Crippen LogP contribution in [0.1, 0.15) is 0 Å². The van der Waals surface area contributed by atoms with E-state index in [-0.39, 0.29) is 0 Å². The Morgan fingerprint density at radius 1 is 0.708 bits per heavy atom.